The van der Waals surface area contributed by atoms with E-state index in [1.54, 1.807) is 30.3 Å². The maximum Gasteiger partial charge on any atom is 0.338 e. The summed E-state index contributed by atoms with van der Waals surface area (Å²) < 4.78 is 37.6. The first-order chi connectivity index (χ1) is 16.3. The second-order valence-electron chi connectivity index (χ2n) is 7.43. The van der Waals surface area contributed by atoms with Gasteiger partial charge in [0.1, 0.15) is 12.4 Å². The van der Waals surface area contributed by atoms with Gasteiger partial charge in [-0.05, 0) is 55.0 Å². The minimum absolute atomic E-state index is 0.0260. The van der Waals surface area contributed by atoms with E-state index in [-0.39, 0.29) is 23.6 Å². The smallest absolute Gasteiger partial charge is 0.338 e. The lowest BCUT2D eigenvalue weighted by atomic mass is 10.2. The zero-order chi connectivity index (χ0) is 24.6. The van der Waals surface area contributed by atoms with Crippen LogP contribution >= 0.6 is 0 Å². The summed E-state index contributed by atoms with van der Waals surface area (Å²) in [5.41, 5.74) is 1.58. The molecule has 0 saturated carbocycles. The molecule has 0 bridgehead atoms. The summed E-state index contributed by atoms with van der Waals surface area (Å²) in [4.78, 5) is 24.3. The molecule has 1 amide bonds. The van der Waals surface area contributed by atoms with Crippen LogP contribution < -0.4 is 14.4 Å². The minimum Gasteiger partial charge on any atom is -0.492 e. The normalized spacial score (nSPS) is 10.9. The first-order valence-electron chi connectivity index (χ1n) is 10.5. The molecule has 3 rings (SSSR count). The summed E-state index contributed by atoms with van der Waals surface area (Å²) in [6, 6.07) is 21.6. The second kappa shape index (κ2) is 11.3. The lowest BCUT2D eigenvalue weighted by molar-refractivity contribution is -0.124. The van der Waals surface area contributed by atoms with Crippen LogP contribution in [0.4, 0.5) is 5.69 Å². The number of carbonyl (C=O) groups excluding carboxylic acids is 2. The number of nitrogens with one attached hydrogen (secondary N) is 1. The summed E-state index contributed by atoms with van der Waals surface area (Å²) in [5.74, 6) is -0.590. The first kappa shape index (κ1) is 24.8. The summed E-state index contributed by atoms with van der Waals surface area (Å²) in [6.07, 6.45) is 0. The van der Waals surface area contributed by atoms with Crippen LogP contribution in [0.1, 0.15) is 15.9 Å². The molecule has 0 unspecified atom stereocenters. The number of amides is 1. The fourth-order valence-corrected chi connectivity index (χ4v) is 4.29. The van der Waals surface area contributed by atoms with Crippen LogP contribution in [0.15, 0.2) is 83.8 Å². The van der Waals surface area contributed by atoms with Crippen molar-refractivity contribution in [2.75, 3.05) is 31.1 Å². The van der Waals surface area contributed by atoms with Gasteiger partial charge in [0, 0.05) is 7.05 Å². The molecule has 0 heterocycles. The largest absolute Gasteiger partial charge is 0.492 e. The lowest BCUT2D eigenvalue weighted by Crippen LogP contribution is -2.32. The summed E-state index contributed by atoms with van der Waals surface area (Å²) in [7, 11) is -2.45. The van der Waals surface area contributed by atoms with Gasteiger partial charge in [-0.25, -0.2) is 13.2 Å². The van der Waals surface area contributed by atoms with Crippen molar-refractivity contribution in [1.82, 2.24) is 5.32 Å². The zero-order valence-corrected chi connectivity index (χ0v) is 19.7. The highest BCUT2D eigenvalue weighted by Crippen LogP contribution is 2.22. The zero-order valence-electron chi connectivity index (χ0n) is 18.9. The van der Waals surface area contributed by atoms with Crippen LogP contribution in [-0.4, -0.2) is 47.1 Å². The van der Waals surface area contributed by atoms with Gasteiger partial charge in [-0.2, -0.15) is 0 Å². The van der Waals surface area contributed by atoms with E-state index in [1.807, 2.05) is 31.2 Å². The molecule has 0 fully saturated rings. The molecule has 0 atom stereocenters. The average molecular weight is 483 g/mol. The van der Waals surface area contributed by atoms with Crippen molar-refractivity contribution in [2.24, 2.45) is 0 Å². The number of ether oxygens (including phenoxy) is 2. The fraction of sp³-hybridized carbons (Fsp3) is 0.200. The minimum atomic E-state index is -3.89. The third-order valence-corrected chi connectivity index (χ3v) is 6.65. The van der Waals surface area contributed by atoms with E-state index >= 15 is 0 Å². The molecule has 0 aliphatic rings. The number of nitrogens with zero attached hydrogens (tertiary/aromatic N) is 1. The Balaban J connectivity index is 1.51. The molecule has 0 aliphatic heterocycles. The van der Waals surface area contributed by atoms with Gasteiger partial charge in [0.25, 0.3) is 15.9 Å². The van der Waals surface area contributed by atoms with Crippen molar-refractivity contribution >= 4 is 27.6 Å². The predicted octanol–water partition coefficient (Wildman–Crippen LogP) is 3.17. The molecule has 34 heavy (non-hydrogen) atoms. The van der Waals surface area contributed by atoms with E-state index in [0.717, 1.165) is 9.87 Å². The van der Waals surface area contributed by atoms with Crippen molar-refractivity contribution in [3.63, 3.8) is 0 Å². The second-order valence-corrected chi connectivity index (χ2v) is 9.40. The number of carbonyl (C=O) groups is 2. The summed E-state index contributed by atoms with van der Waals surface area (Å²) in [5, 5.41) is 2.60. The summed E-state index contributed by atoms with van der Waals surface area (Å²) >= 11 is 0. The predicted molar refractivity (Wildman–Crippen MR) is 128 cm³/mol. The van der Waals surface area contributed by atoms with E-state index in [9.17, 15) is 18.0 Å². The van der Waals surface area contributed by atoms with E-state index < -0.39 is 28.5 Å². The van der Waals surface area contributed by atoms with Crippen LogP contribution in [0.3, 0.4) is 0 Å². The van der Waals surface area contributed by atoms with Gasteiger partial charge < -0.3 is 14.8 Å². The quantitative estimate of drug-likeness (QED) is 0.352. The molecule has 0 saturated heterocycles. The molecule has 0 aliphatic carbocycles. The molecule has 178 valence electrons. The Kier molecular flexibility index (Phi) is 8.26. The molecule has 3 aromatic carbocycles. The van der Waals surface area contributed by atoms with Gasteiger partial charge in [-0.1, -0.05) is 36.4 Å². The van der Waals surface area contributed by atoms with Gasteiger partial charge >= 0.3 is 5.97 Å². The maximum atomic E-state index is 12.9. The van der Waals surface area contributed by atoms with Crippen LogP contribution in [0.2, 0.25) is 0 Å². The van der Waals surface area contributed by atoms with Gasteiger partial charge in [-0.3, -0.25) is 9.10 Å². The van der Waals surface area contributed by atoms with Crippen molar-refractivity contribution in [3.8, 4) is 5.75 Å². The number of benzene rings is 3. The SMILES string of the molecule is Cc1cccc(OCCNC(=O)COC(=O)c2cccc(S(=O)(=O)N(C)c3ccccc3)c2)c1. The van der Waals surface area contributed by atoms with Crippen molar-refractivity contribution < 1.29 is 27.5 Å². The molecular formula is C25H26N2O6S. The Labute approximate surface area is 199 Å². The van der Waals surface area contributed by atoms with Gasteiger partial charge in [0.2, 0.25) is 0 Å². The molecule has 9 heteroatoms. The number of hydrogen-bond acceptors (Lipinski definition) is 6. The Hall–Kier alpha value is -3.85. The maximum absolute atomic E-state index is 12.9. The monoisotopic (exact) mass is 482 g/mol. The summed E-state index contributed by atoms with van der Waals surface area (Å²) in [6.45, 7) is 1.96. The van der Waals surface area contributed by atoms with Crippen molar-refractivity contribution in [2.45, 2.75) is 11.8 Å². The van der Waals surface area contributed by atoms with Crippen molar-refractivity contribution in [1.29, 1.82) is 0 Å². The van der Waals surface area contributed by atoms with Crippen LogP contribution in [0.5, 0.6) is 5.75 Å². The molecular weight excluding hydrogens is 456 g/mol. The Bertz CT molecular complexity index is 1250. The molecule has 1 N–H and O–H groups in total. The third-order valence-electron chi connectivity index (χ3n) is 4.86. The Morgan fingerprint density at radius 3 is 2.41 bits per heavy atom. The highest BCUT2D eigenvalue weighted by atomic mass is 32.2. The first-order valence-corrected chi connectivity index (χ1v) is 12.0. The number of anilines is 1. The number of rotatable bonds is 10. The molecule has 0 aromatic heterocycles. The number of para-hydroxylation sites is 1. The number of sulfonamides is 1. The highest BCUT2D eigenvalue weighted by Gasteiger charge is 2.22. The number of hydrogen-bond donors (Lipinski definition) is 1. The van der Waals surface area contributed by atoms with Crippen molar-refractivity contribution in [3.05, 3.63) is 90.0 Å². The molecule has 8 nitrogen and oxygen atoms in total. The van der Waals surface area contributed by atoms with Gasteiger partial charge in [-0.15, -0.1) is 0 Å². The van der Waals surface area contributed by atoms with E-state index in [1.165, 1.54) is 31.3 Å². The Morgan fingerprint density at radius 1 is 0.941 bits per heavy atom. The number of aryl methyl sites for hydroxylation is 1. The van der Waals surface area contributed by atoms with Crippen LogP contribution in [-0.2, 0) is 19.6 Å². The van der Waals surface area contributed by atoms with Crippen LogP contribution in [0, 0.1) is 6.92 Å². The highest BCUT2D eigenvalue weighted by molar-refractivity contribution is 7.92. The van der Waals surface area contributed by atoms with Gasteiger partial charge in [0.15, 0.2) is 6.61 Å². The van der Waals surface area contributed by atoms with E-state index in [4.69, 9.17) is 9.47 Å². The fourth-order valence-electron chi connectivity index (χ4n) is 3.05. The average Bonchev–Trinajstić information content (AvgIpc) is 2.85. The molecule has 0 radical (unpaired) electrons. The molecule has 0 spiro atoms. The van der Waals surface area contributed by atoms with Gasteiger partial charge in [0.05, 0.1) is 22.7 Å². The number of esters is 1. The van der Waals surface area contributed by atoms with E-state index in [2.05, 4.69) is 5.32 Å². The topological polar surface area (TPSA) is 102 Å². The third kappa shape index (κ3) is 6.58. The Morgan fingerprint density at radius 2 is 1.68 bits per heavy atom. The van der Waals surface area contributed by atoms with E-state index in [0.29, 0.717) is 11.4 Å². The molecule has 3 aromatic rings. The van der Waals surface area contributed by atoms with Crippen LogP contribution in [0.25, 0.3) is 0 Å². The standard InChI is InChI=1S/C25H26N2O6S/c1-19-8-6-12-22(16-19)32-15-14-26-24(28)18-33-25(29)20-9-7-13-23(17-20)34(30,31)27(2)21-10-4-3-5-11-21/h3-13,16-17H,14-15,18H2,1-2H3,(H,26,28). The lowest BCUT2D eigenvalue weighted by Gasteiger charge is -2.19.